The molecule has 0 saturated heterocycles. The largest absolute Gasteiger partial charge is 0.481 e. The monoisotopic (exact) mass is 267 g/mol. The Hall–Kier alpha value is -1.36. The van der Waals surface area contributed by atoms with Gasteiger partial charge in [0, 0.05) is 37.3 Å². The summed E-state index contributed by atoms with van der Waals surface area (Å²) in [6.07, 6.45) is 0.917. The topological polar surface area (TPSA) is 58.4 Å². The van der Waals surface area contributed by atoms with Crippen LogP contribution in [0.5, 0.6) is 0 Å². The summed E-state index contributed by atoms with van der Waals surface area (Å²) < 4.78 is 1.90. The maximum absolute atomic E-state index is 10.6. The maximum atomic E-state index is 10.6. The lowest BCUT2D eigenvalue weighted by molar-refractivity contribution is -0.137. The number of hydrogen-bond acceptors (Lipinski definition) is 3. The van der Waals surface area contributed by atoms with Crippen LogP contribution in [0.2, 0.25) is 0 Å². The van der Waals surface area contributed by atoms with Crippen molar-refractivity contribution >= 4 is 5.97 Å². The number of aliphatic carboxylic acids is 1. The average molecular weight is 267 g/mol. The zero-order chi connectivity index (χ0) is 14.6. The molecule has 19 heavy (non-hydrogen) atoms. The maximum Gasteiger partial charge on any atom is 0.303 e. The predicted octanol–water partition coefficient (Wildman–Crippen LogP) is 2.11. The van der Waals surface area contributed by atoms with E-state index in [1.165, 1.54) is 11.3 Å². The van der Waals surface area contributed by atoms with Crippen LogP contribution >= 0.6 is 0 Å². The van der Waals surface area contributed by atoms with Crippen LogP contribution in [0.25, 0.3) is 0 Å². The van der Waals surface area contributed by atoms with Gasteiger partial charge in [-0.2, -0.15) is 5.10 Å². The molecule has 1 N–H and O–H groups in total. The van der Waals surface area contributed by atoms with Crippen LogP contribution < -0.4 is 0 Å². The smallest absolute Gasteiger partial charge is 0.303 e. The van der Waals surface area contributed by atoms with Crippen LogP contribution in [0.4, 0.5) is 0 Å². The van der Waals surface area contributed by atoms with Crippen LogP contribution in [0, 0.1) is 13.8 Å². The molecule has 0 aliphatic heterocycles. The van der Waals surface area contributed by atoms with E-state index < -0.39 is 5.97 Å². The number of carboxylic acids is 1. The van der Waals surface area contributed by atoms with E-state index in [0.717, 1.165) is 18.8 Å². The molecule has 0 spiro atoms. The predicted molar refractivity (Wildman–Crippen MR) is 75.1 cm³/mol. The molecule has 0 fully saturated rings. The van der Waals surface area contributed by atoms with E-state index in [4.69, 9.17) is 5.11 Å². The van der Waals surface area contributed by atoms with Crippen LogP contribution in [-0.2, 0) is 18.4 Å². The zero-order valence-electron chi connectivity index (χ0n) is 12.6. The Bertz CT molecular complexity index is 438. The van der Waals surface area contributed by atoms with Gasteiger partial charge in [0.05, 0.1) is 5.69 Å². The third kappa shape index (κ3) is 4.35. The molecule has 5 heteroatoms. The van der Waals surface area contributed by atoms with E-state index in [2.05, 4.69) is 30.8 Å². The fourth-order valence-corrected chi connectivity index (χ4v) is 2.20. The molecule has 0 unspecified atom stereocenters. The Morgan fingerprint density at radius 2 is 2.05 bits per heavy atom. The minimum absolute atomic E-state index is 0.230. The number of rotatable bonds is 7. The number of hydrogen-bond donors (Lipinski definition) is 1. The normalized spacial score (nSPS) is 11.5. The van der Waals surface area contributed by atoms with E-state index in [0.29, 0.717) is 12.5 Å². The van der Waals surface area contributed by atoms with Gasteiger partial charge in [-0.05, 0) is 40.7 Å². The van der Waals surface area contributed by atoms with E-state index in [9.17, 15) is 4.79 Å². The summed E-state index contributed by atoms with van der Waals surface area (Å²) in [6.45, 7) is 10.0. The molecule has 108 valence electrons. The molecular formula is C14H25N3O2. The van der Waals surface area contributed by atoms with Gasteiger partial charge in [-0.15, -0.1) is 0 Å². The highest BCUT2D eigenvalue weighted by Gasteiger charge is 2.16. The van der Waals surface area contributed by atoms with Gasteiger partial charge in [0.1, 0.15) is 0 Å². The number of aromatic nitrogens is 2. The van der Waals surface area contributed by atoms with E-state index in [-0.39, 0.29) is 6.42 Å². The second-order valence-corrected chi connectivity index (χ2v) is 5.33. The molecule has 0 aliphatic rings. The van der Waals surface area contributed by atoms with E-state index in [1.807, 2.05) is 18.7 Å². The van der Waals surface area contributed by atoms with Crippen molar-refractivity contribution in [3.63, 3.8) is 0 Å². The molecule has 0 bridgehead atoms. The third-order valence-corrected chi connectivity index (χ3v) is 3.59. The van der Waals surface area contributed by atoms with E-state index in [1.54, 1.807) is 0 Å². The van der Waals surface area contributed by atoms with Crippen molar-refractivity contribution in [2.75, 3.05) is 6.54 Å². The Kier molecular flexibility index (Phi) is 5.54. The lowest BCUT2D eigenvalue weighted by Crippen LogP contribution is -2.32. The summed E-state index contributed by atoms with van der Waals surface area (Å²) in [5, 5.41) is 13.1. The summed E-state index contributed by atoms with van der Waals surface area (Å²) in [6, 6.07) is 0.396. The van der Waals surface area contributed by atoms with Crippen molar-refractivity contribution in [2.45, 2.75) is 53.1 Å². The Morgan fingerprint density at radius 1 is 1.42 bits per heavy atom. The van der Waals surface area contributed by atoms with Gasteiger partial charge in [-0.25, -0.2) is 0 Å². The first-order valence-corrected chi connectivity index (χ1v) is 6.77. The Labute approximate surface area is 115 Å². The molecule has 0 aliphatic carbocycles. The molecule has 0 atom stereocenters. The summed E-state index contributed by atoms with van der Waals surface area (Å²) in [5.41, 5.74) is 3.50. The van der Waals surface area contributed by atoms with Gasteiger partial charge < -0.3 is 5.11 Å². The standard InChI is InChI=1S/C14H25N3O2/c1-10(2)17(8-6-7-14(18)19)9-13-11(3)15-16(5)12(13)4/h10H,6-9H2,1-5H3,(H,18,19). The van der Waals surface area contributed by atoms with Crippen molar-refractivity contribution < 1.29 is 9.90 Å². The van der Waals surface area contributed by atoms with Crippen LogP contribution in [-0.4, -0.2) is 38.3 Å². The van der Waals surface area contributed by atoms with Gasteiger partial charge >= 0.3 is 5.97 Å². The summed E-state index contributed by atoms with van der Waals surface area (Å²) in [7, 11) is 1.95. The first-order valence-electron chi connectivity index (χ1n) is 6.77. The molecule has 0 radical (unpaired) electrons. The number of carbonyl (C=O) groups is 1. The van der Waals surface area contributed by atoms with Crippen LogP contribution in [0.15, 0.2) is 0 Å². The first kappa shape index (κ1) is 15.7. The molecule has 1 aromatic rings. The van der Waals surface area contributed by atoms with Crippen molar-refractivity contribution in [2.24, 2.45) is 7.05 Å². The minimum Gasteiger partial charge on any atom is -0.481 e. The third-order valence-electron chi connectivity index (χ3n) is 3.59. The lowest BCUT2D eigenvalue weighted by Gasteiger charge is -2.26. The van der Waals surface area contributed by atoms with Crippen molar-refractivity contribution in [3.05, 3.63) is 17.0 Å². The quantitative estimate of drug-likeness (QED) is 0.822. The second kappa shape index (κ2) is 6.70. The summed E-state index contributed by atoms with van der Waals surface area (Å²) in [4.78, 5) is 12.9. The highest BCUT2D eigenvalue weighted by Crippen LogP contribution is 2.16. The number of aryl methyl sites for hydroxylation is 2. The van der Waals surface area contributed by atoms with E-state index >= 15 is 0 Å². The molecule has 0 aromatic carbocycles. The molecular weight excluding hydrogens is 242 g/mol. The molecule has 1 aromatic heterocycles. The fourth-order valence-electron chi connectivity index (χ4n) is 2.20. The minimum atomic E-state index is -0.725. The van der Waals surface area contributed by atoms with Crippen molar-refractivity contribution in [1.82, 2.24) is 14.7 Å². The van der Waals surface area contributed by atoms with Gasteiger partial charge in [-0.1, -0.05) is 0 Å². The number of nitrogens with zero attached hydrogens (tertiary/aromatic N) is 3. The molecule has 0 amide bonds. The lowest BCUT2D eigenvalue weighted by atomic mass is 10.1. The second-order valence-electron chi connectivity index (χ2n) is 5.33. The molecule has 1 heterocycles. The molecule has 0 saturated carbocycles. The number of carboxylic acid groups (broad SMARTS) is 1. The van der Waals surface area contributed by atoms with Gasteiger partial charge in [-0.3, -0.25) is 14.4 Å². The summed E-state index contributed by atoms with van der Waals surface area (Å²) >= 11 is 0. The SMILES string of the molecule is Cc1nn(C)c(C)c1CN(CCCC(=O)O)C(C)C. The zero-order valence-corrected chi connectivity index (χ0v) is 12.6. The summed E-state index contributed by atoms with van der Waals surface area (Å²) in [5.74, 6) is -0.725. The van der Waals surface area contributed by atoms with Crippen molar-refractivity contribution in [1.29, 1.82) is 0 Å². The van der Waals surface area contributed by atoms with Crippen LogP contribution in [0.3, 0.4) is 0 Å². The Morgan fingerprint density at radius 3 is 2.47 bits per heavy atom. The van der Waals surface area contributed by atoms with Crippen LogP contribution in [0.1, 0.15) is 43.6 Å². The van der Waals surface area contributed by atoms with Gasteiger partial charge in [0.25, 0.3) is 0 Å². The van der Waals surface area contributed by atoms with Gasteiger partial charge in [0.2, 0.25) is 0 Å². The highest BCUT2D eigenvalue weighted by atomic mass is 16.4. The molecule has 1 rings (SSSR count). The van der Waals surface area contributed by atoms with Gasteiger partial charge in [0.15, 0.2) is 0 Å². The highest BCUT2D eigenvalue weighted by molar-refractivity contribution is 5.66. The Balaban J connectivity index is 2.70. The van der Waals surface area contributed by atoms with Crippen molar-refractivity contribution in [3.8, 4) is 0 Å². The average Bonchev–Trinajstić information content (AvgIpc) is 2.53. The molecule has 5 nitrogen and oxygen atoms in total. The first-order chi connectivity index (χ1) is 8.82. The fraction of sp³-hybridized carbons (Fsp3) is 0.714.